The van der Waals surface area contributed by atoms with Gasteiger partial charge in [0.15, 0.2) is 0 Å². The number of unbranched alkanes of at least 4 members (excludes halogenated alkanes) is 6. The van der Waals surface area contributed by atoms with Crippen LogP contribution in [0.3, 0.4) is 0 Å². The molecule has 0 aromatic rings. The van der Waals surface area contributed by atoms with E-state index in [0.717, 1.165) is 24.6 Å². The first-order valence-corrected chi connectivity index (χ1v) is 8.29. The summed E-state index contributed by atoms with van der Waals surface area (Å²) in [7, 11) is 0. The molecule has 1 aliphatic carbocycles. The highest BCUT2D eigenvalue weighted by Gasteiger charge is 2.58. The zero-order valence-electron chi connectivity index (χ0n) is 10.9. The van der Waals surface area contributed by atoms with E-state index in [2.05, 4.69) is 15.9 Å². The first-order valence-electron chi connectivity index (χ1n) is 7.17. The minimum atomic E-state index is 0.0711. The lowest BCUT2D eigenvalue weighted by molar-refractivity contribution is -0.141. The molecule has 1 saturated carbocycles. The van der Waals surface area contributed by atoms with Crippen LogP contribution < -0.4 is 0 Å². The van der Waals surface area contributed by atoms with Crippen LogP contribution in [-0.2, 0) is 9.59 Å². The second-order valence-corrected chi connectivity index (χ2v) is 6.23. The molecule has 1 aliphatic heterocycles. The maximum absolute atomic E-state index is 11.7. The van der Waals surface area contributed by atoms with Crippen LogP contribution >= 0.6 is 15.9 Å². The lowest BCUT2D eigenvalue weighted by atomic mass is 10.1. The number of carbonyl (C=O) groups is 2. The Morgan fingerprint density at radius 3 is 1.94 bits per heavy atom. The molecule has 3 nitrogen and oxygen atoms in total. The number of likely N-dealkylation sites (tertiary alicyclic amines) is 1. The Labute approximate surface area is 117 Å². The molecule has 0 N–H and O–H groups in total. The van der Waals surface area contributed by atoms with Crippen LogP contribution in [0.15, 0.2) is 0 Å². The summed E-state index contributed by atoms with van der Waals surface area (Å²) >= 11 is 3.43. The third-order valence-electron chi connectivity index (χ3n) is 3.97. The molecule has 102 valence electrons. The van der Waals surface area contributed by atoms with E-state index in [-0.39, 0.29) is 23.7 Å². The van der Waals surface area contributed by atoms with Gasteiger partial charge in [0.1, 0.15) is 0 Å². The monoisotopic (exact) mass is 315 g/mol. The Bertz CT molecular complexity index is 299. The number of imide groups is 1. The molecule has 2 unspecified atom stereocenters. The van der Waals surface area contributed by atoms with E-state index in [9.17, 15) is 9.59 Å². The number of nitrogens with zero attached hydrogens (tertiary/aromatic N) is 1. The van der Waals surface area contributed by atoms with E-state index in [1.807, 2.05) is 0 Å². The van der Waals surface area contributed by atoms with Crippen LogP contribution in [0.25, 0.3) is 0 Å². The van der Waals surface area contributed by atoms with Gasteiger partial charge in [-0.3, -0.25) is 14.5 Å². The molecule has 18 heavy (non-hydrogen) atoms. The lowest BCUT2D eigenvalue weighted by Gasteiger charge is -2.15. The number of halogens is 1. The summed E-state index contributed by atoms with van der Waals surface area (Å²) in [5, 5.41) is 1.11. The van der Waals surface area contributed by atoms with Gasteiger partial charge in [0.25, 0.3) is 0 Å². The molecular formula is C14H22BrNO2. The fraction of sp³-hybridized carbons (Fsp3) is 0.857. The summed E-state index contributed by atoms with van der Waals surface area (Å²) in [5.41, 5.74) is 0. The summed E-state index contributed by atoms with van der Waals surface area (Å²) in [6, 6.07) is 0. The molecule has 2 amide bonds. The molecule has 0 spiro atoms. The topological polar surface area (TPSA) is 37.4 Å². The predicted octanol–water partition coefficient (Wildman–Crippen LogP) is 3.12. The number of alkyl halides is 1. The lowest BCUT2D eigenvalue weighted by Crippen LogP contribution is -2.33. The van der Waals surface area contributed by atoms with Gasteiger partial charge in [0.2, 0.25) is 11.8 Å². The highest BCUT2D eigenvalue weighted by Crippen LogP contribution is 2.46. The average Bonchev–Trinajstić information content (AvgIpc) is 3.11. The average molecular weight is 316 g/mol. The summed E-state index contributed by atoms with van der Waals surface area (Å²) in [4.78, 5) is 24.9. The number of rotatable bonds is 9. The molecule has 1 saturated heterocycles. The molecule has 0 bridgehead atoms. The molecule has 2 rings (SSSR count). The van der Waals surface area contributed by atoms with Crippen molar-refractivity contribution in [3.63, 3.8) is 0 Å². The Morgan fingerprint density at radius 1 is 0.889 bits per heavy atom. The number of fused-ring (bicyclic) bond motifs is 1. The summed E-state index contributed by atoms with van der Waals surface area (Å²) in [6.07, 6.45) is 9.32. The number of hydrogen-bond acceptors (Lipinski definition) is 2. The van der Waals surface area contributed by atoms with Crippen LogP contribution in [0.4, 0.5) is 0 Å². The molecule has 2 aliphatic rings. The van der Waals surface area contributed by atoms with Crippen LogP contribution in [0.5, 0.6) is 0 Å². The van der Waals surface area contributed by atoms with E-state index < -0.39 is 0 Å². The molecule has 0 radical (unpaired) electrons. The van der Waals surface area contributed by atoms with E-state index in [1.54, 1.807) is 0 Å². The van der Waals surface area contributed by atoms with Gasteiger partial charge in [-0.2, -0.15) is 0 Å². The van der Waals surface area contributed by atoms with Gasteiger partial charge in [-0.1, -0.05) is 48.0 Å². The number of amides is 2. The predicted molar refractivity (Wildman–Crippen MR) is 74.4 cm³/mol. The van der Waals surface area contributed by atoms with Gasteiger partial charge in [0.05, 0.1) is 11.8 Å². The quantitative estimate of drug-likeness (QED) is 0.372. The standard InChI is InChI=1S/C14H22BrNO2/c15-8-6-4-2-1-3-5-7-9-16-13(17)11-10-12(11)14(16)18/h11-12H,1-10H2. The largest absolute Gasteiger partial charge is 0.282 e. The number of piperidine rings is 1. The van der Waals surface area contributed by atoms with Gasteiger partial charge in [0, 0.05) is 11.9 Å². The maximum Gasteiger partial charge on any atom is 0.233 e. The molecule has 1 heterocycles. The van der Waals surface area contributed by atoms with Crippen molar-refractivity contribution >= 4 is 27.7 Å². The van der Waals surface area contributed by atoms with Crippen LogP contribution in [0, 0.1) is 11.8 Å². The van der Waals surface area contributed by atoms with Gasteiger partial charge in [-0.15, -0.1) is 0 Å². The fourth-order valence-corrected chi connectivity index (χ4v) is 3.11. The highest BCUT2D eigenvalue weighted by atomic mass is 79.9. The van der Waals surface area contributed by atoms with Crippen LogP contribution in [0.2, 0.25) is 0 Å². The number of hydrogen-bond donors (Lipinski definition) is 0. The van der Waals surface area contributed by atoms with Crippen molar-refractivity contribution in [3.8, 4) is 0 Å². The zero-order valence-corrected chi connectivity index (χ0v) is 12.5. The number of carbonyl (C=O) groups excluding carboxylic acids is 2. The SMILES string of the molecule is O=C1C2CC2C(=O)N1CCCCCCCCCBr. The Kier molecular flexibility index (Phi) is 5.22. The normalized spacial score (nSPS) is 25.7. The summed E-state index contributed by atoms with van der Waals surface area (Å²) in [6.45, 7) is 0.659. The third kappa shape index (κ3) is 3.34. The molecule has 2 atom stereocenters. The molecule has 4 heteroatoms. The van der Waals surface area contributed by atoms with E-state index in [1.165, 1.54) is 37.0 Å². The minimum Gasteiger partial charge on any atom is -0.282 e. The van der Waals surface area contributed by atoms with Crippen molar-refractivity contribution in [2.45, 2.75) is 51.4 Å². The second kappa shape index (κ2) is 6.69. The molecule has 0 aromatic carbocycles. The highest BCUT2D eigenvalue weighted by molar-refractivity contribution is 9.09. The fourth-order valence-electron chi connectivity index (χ4n) is 2.72. The van der Waals surface area contributed by atoms with Gasteiger partial charge in [-0.05, 0) is 19.3 Å². The van der Waals surface area contributed by atoms with E-state index in [0.29, 0.717) is 6.54 Å². The Hall–Kier alpha value is -0.380. The van der Waals surface area contributed by atoms with E-state index >= 15 is 0 Å². The summed E-state index contributed by atoms with van der Waals surface area (Å²) < 4.78 is 0. The van der Waals surface area contributed by atoms with Crippen molar-refractivity contribution in [3.05, 3.63) is 0 Å². The van der Waals surface area contributed by atoms with E-state index in [4.69, 9.17) is 0 Å². The van der Waals surface area contributed by atoms with Crippen molar-refractivity contribution in [1.29, 1.82) is 0 Å². The first-order chi connectivity index (χ1) is 8.75. The maximum atomic E-state index is 11.7. The summed E-state index contributed by atoms with van der Waals surface area (Å²) in [5.74, 6) is 0.341. The Morgan fingerprint density at radius 2 is 1.39 bits per heavy atom. The van der Waals surface area contributed by atoms with Crippen LogP contribution in [0.1, 0.15) is 51.4 Å². The van der Waals surface area contributed by atoms with Gasteiger partial charge >= 0.3 is 0 Å². The van der Waals surface area contributed by atoms with Crippen molar-refractivity contribution in [1.82, 2.24) is 4.90 Å². The van der Waals surface area contributed by atoms with Crippen molar-refractivity contribution in [2.75, 3.05) is 11.9 Å². The van der Waals surface area contributed by atoms with Crippen molar-refractivity contribution in [2.24, 2.45) is 11.8 Å². The Balaban J connectivity index is 1.49. The second-order valence-electron chi connectivity index (χ2n) is 5.44. The van der Waals surface area contributed by atoms with Gasteiger partial charge < -0.3 is 0 Å². The van der Waals surface area contributed by atoms with Crippen molar-refractivity contribution < 1.29 is 9.59 Å². The molecule has 2 fully saturated rings. The minimum absolute atomic E-state index is 0.0711. The van der Waals surface area contributed by atoms with Gasteiger partial charge in [-0.25, -0.2) is 0 Å². The molecular weight excluding hydrogens is 294 g/mol. The third-order valence-corrected chi connectivity index (χ3v) is 4.53. The smallest absolute Gasteiger partial charge is 0.233 e. The first kappa shape index (κ1) is 14.0. The van der Waals surface area contributed by atoms with Crippen LogP contribution in [-0.4, -0.2) is 28.6 Å². The molecule has 0 aromatic heterocycles. The zero-order chi connectivity index (χ0) is 13.0.